The van der Waals surface area contributed by atoms with Crippen molar-refractivity contribution in [3.8, 4) is 5.75 Å². The van der Waals surface area contributed by atoms with Crippen LogP contribution in [-0.2, 0) is 16.0 Å². The normalized spacial score (nSPS) is 10.3. The van der Waals surface area contributed by atoms with Crippen LogP contribution in [-0.4, -0.2) is 35.9 Å². The Kier molecular flexibility index (Phi) is 7.37. The number of esters is 1. The number of Topliss-reactive ketones (excluding diaryl/α,β-unsaturated/α-hetero) is 1. The summed E-state index contributed by atoms with van der Waals surface area (Å²) < 4.78 is 4.97. The van der Waals surface area contributed by atoms with Crippen LogP contribution in [0.4, 0.5) is 0 Å². The van der Waals surface area contributed by atoms with E-state index in [9.17, 15) is 19.5 Å². The van der Waals surface area contributed by atoms with Crippen molar-refractivity contribution in [1.29, 1.82) is 0 Å². The quantitative estimate of drug-likeness (QED) is 0.411. The number of carbonyl (C=O) groups excluding carboxylic acids is 3. The van der Waals surface area contributed by atoms with Gasteiger partial charge in [0.05, 0.1) is 0 Å². The Balaban J connectivity index is 1.85. The summed E-state index contributed by atoms with van der Waals surface area (Å²) in [6, 6.07) is 11.0. The second-order valence-electron chi connectivity index (χ2n) is 5.94. The van der Waals surface area contributed by atoms with Crippen LogP contribution >= 0.6 is 11.6 Å². The molecule has 2 rings (SSSR count). The lowest BCUT2D eigenvalue weighted by Crippen LogP contribution is -2.21. The standard InChI is InChI=1S/C20H20ClNO5/c1-13(23)22-10-2-3-14-4-6-15(7-5-14)19(25)12-27-20(26)17-9-8-16(21)11-18(17)24/h4-9,11,24H,2-3,10,12H2,1H3,(H,22,23). The number of ketones is 1. The van der Waals surface area contributed by atoms with Gasteiger partial charge in [0.2, 0.25) is 5.91 Å². The fraction of sp³-hybridized carbons (Fsp3) is 0.250. The van der Waals surface area contributed by atoms with Crippen LogP contribution in [0.15, 0.2) is 42.5 Å². The summed E-state index contributed by atoms with van der Waals surface area (Å²) >= 11 is 5.71. The number of aryl methyl sites for hydroxylation is 1. The van der Waals surface area contributed by atoms with Gasteiger partial charge in [-0.25, -0.2) is 4.79 Å². The molecule has 2 aromatic carbocycles. The molecule has 0 spiro atoms. The van der Waals surface area contributed by atoms with Crippen molar-refractivity contribution in [2.45, 2.75) is 19.8 Å². The third kappa shape index (κ3) is 6.42. The summed E-state index contributed by atoms with van der Waals surface area (Å²) in [5.41, 5.74) is 1.41. The minimum Gasteiger partial charge on any atom is -0.507 e. The van der Waals surface area contributed by atoms with Crippen LogP contribution in [0.25, 0.3) is 0 Å². The molecule has 0 aliphatic rings. The Bertz CT molecular complexity index is 833. The van der Waals surface area contributed by atoms with Gasteiger partial charge in [-0.3, -0.25) is 9.59 Å². The topological polar surface area (TPSA) is 92.7 Å². The molecule has 27 heavy (non-hydrogen) atoms. The number of halogens is 1. The number of nitrogens with one attached hydrogen (secondary N) is 1. The zero-order chi connectivity index (χ0) is 19.8. The molecule has 0 unspecified atom stereocenters. The van der Waals surface area contributed by atoms with Crippen molar-refractivity contribution in [3.63, 3.8) is 0 Å². The number of phenols is 1. The number of phenolic OH excluding ortho intramolecular Hbond substituents is 1. The summed E-state index contributed by atoms with van der Waals surface area (Å²) in [6.45, 7) is 1.65. The first-order chi connectivity index (χ1) is 12.9. The largest absolute Gasteiger partial charge is 0.507 e. The third-order valence-electron chi connectivity index (χ3n) is 3.81. The van der Waals surface area contributed by atoms with E-state index in [0.717, 1.165) is 18.4 Å². The van der Waals surface area contributed by atoms with Crippen LogP contribution < -0.4 is 5.32 Å². The predicted molar refractivity (Wildman–Crippen MR) is 101 cm³/mol. The molecular formula is C20H20ClNO5. The molecule has 0 aliphatic carbocycles. The number of carbonyl (C=O) groups is 3. The first kappa shape index (κ1) is 20.5. The fourth-order valence-electron chi connectivity index (χ4n) is 2.38. The summed E-state index contributed by atoms with van der Waals surface area (Å²) in [4.78, 5) is 34.9. The number of aromatic hydroxyl groups is 1. The highest BCUT2D eigenvalue weighted by Gasteiger charge is 2.15. The van der Waals surface area contributed by atoms with Gasteiger partial charge in [0.1, 0.15) is 11.3 Å². The molecule has 0 saturated carbocycles. The Hall–Kier alpha value is -2.86. The van der Waals surface area contributed by atoms with E-state index in [2.05, 4.69) is 5.32 Å². The number of amides is 1. The van der Waals surface area contributed by atoms with E-state index in [1.807, 2.05) is 12.1 Å². The molecule has 0 fully saturated rings. The Morgan fingerprint density at radius 2 is 1.81 bits per heavy atom. The highest BCUT2D eigenvalue weighted by atomic mass is 35.5. The Morgan fingerprint density at radius 1 is 1.11 bits per heavy atom. The summed E-state index contributed by atoms with van der Waals surface area (Å²) in [7, 11) is 0. The molecule has 7 heteroatoms. The maximum atomic E-state index is 12.2. The van der Waals surface area contributed by atoms with Crippen LogP contribution in [0.5, 0.6) is 5.75 Å². The van der Waals surface area contributed by atoms with Gasteiger partial charge < -0.3 is 15.2 Å². The molecule has 0 heterocycles. The van der Waals surface area contributed by atoms with E-state index in [4.69, 9.17) is 16.3 Å². The number of benzene rings is 2. The van der Waals surface area contributed by atoms with Gasteiger partial charge in [-0.2, -0.15) is 0 Å². The maximum absolute atomic E-state index is 12.2. The molecule has 0 saturated heterocycles. The second-order valence-corrected chi connectivity index (χ2v) is 6.38. The summed E-state index contributed by atoms with van der Waals surface area (Å²) in [5.74, 6) is -1.50. The number of rotatable bonds is 8. The molecule has 2 N–H and O–H groups in total. The van der Waals surface area contributed by atoms with E-state index in [-0.39, 0.29) is 28.0 Å². The minimum atomic E-state index is -0.799. The van der Waals surface area contributed by atoms with Crippen molar-refractivity contribution in [2.75, 3.05) is 13.2 Å². The molecule has 1 amide bonds. The van der Waals surface area contributed by atoms with Crippen LogP contribution in [0.2, 0.25) is 5.02 Å². The smallest absolute Gasteiger partial charge is 0.342 e. The third-order valence-corrected chi connectivity index (χ3v) is 4.04. The van der Waals surface area contributed by atoms with Crippen LogP contribution in [0.3, 0.4) is 0 Å². The maximum Gasteiger partial charge on any atom is 0.342 e. The first-order valence-electron chi connectivity index (χ1n) is 8.39. The zero-order valence-electron chi connectivity index (χ0n) is 14.8. The SMILES string of the molecule is CC(=O)NCCCc1ccc(C(=O)COC(=O)c2ccc(Cl)cc2O)cc1. The summed E-state index contributed by atoms with van der Waals surface area (Å²) in [6.07, 6.45) is 1.58. The average Bonchev–Trinajstić information content (AvgIpc) is 2.63. The monoisotopic (exact) mass is 389 g/mol. The van der Waals surface area contributed by atoms with Gasteiger partial charge in [0, 0.05) is 24.1 Å². The molecule has 6 nitrogen and oxygen atoms in total. The number of ether oxygens (including phenoxy) is 1. The van der Waals surface area contributed by atoms with E-state index in [0.29, 0.717) is 12.1 Å². The Morgan fingerprint density at radius 3 is 2.44 bits per heavy atom. The highest BCUT2D eigenvalue weighted by Crippen LogP contribution is 2.22. The van der Waals surface area contributed by atoms with E-state index < -0.39 is 12.6 Å². The average molecular weight is 390 g/mol. The fourth-order valence-corrected chi connectivity index (χ4v) is 2.55. The van der Waals surface area contributed by atoms with Gasteiger partial charge in [0.15, 0.2) is 12.4 Å². The molecule has 2 aromatic rings. The Labute approximate surface area is 162 Å². The highest BCUT2D eigenvalue weighted by molar-refractivity contribution is 6.30. The van der Waals surface area contributed by atoms with Gasteiger partial charge >= 0.3 is 5.97 Å². The predicted octanol–water partition coefficient (Wildman–Crippen LogP) is 3.15. The summed E-state index contributed by atoms with van der Waals surface area (Å²) in [5, 5.41) is 12.7. The molecular weight excluding hydrogens is 370 g/mol. The lowest BCUT2D eigenvalue weighted by Gasteiger charge is -2.07. The van der Waals surface area contributed by atoms with E-state index >= 15 is 0 Å². The molecule has 0 aliphatic heterocycles. The molecule has 0 aromatic heterocycles. The number of hydrogen-bond acceptors (Lipinski definition) is 5. The van der Waals surface area contributed by atoms with Gasteiger partial charge in [0.25, 0.3) is 0 Å². The molecule has 0 radical (unpaired) electrons. The van der Waals surface area contributed by atoms with Gasteiger partial charge in [-0.05, 0) is 36.6 Å². The molecule has 142 valence electrons. The zero-order valence-corrected chi connectivity index (χ0v) is 15.6. The van der Waals surface area contributed by atoms with Crippen molar-refractivity contribution in [3.05, 3.63) is 64.2 Å². The van der Waals surface area contributed by atoms with Gasteiger partial charge in [-0.1, -0.05) is 35.9 Å². The molecule has 0 bridgehead atoms. The first-order valence-corrected chi connectivity index (χ1v) is 8.77. The van der Waals surface area contributed by atoms with Crippen LogP contribution in [0.1, 0.15) is 39.6 Å². The lowest BCUT2D eigenvalue weighted by atomic mass is 10.1. The molecule has 0 atom stereocenters. The van der Waals surface area contributed by atoms with E-state index in [1.54, 1.807) is 12.1 Å². The van der Waals surface area contributed by atoms with Crippen molar-refractivity contribution < 1.29 is 24.2 Å². The van der Waals surface area contributed by atoms with E-state index in [1.165, 1.54) is 25.1 Å². The number of hydrogen-bond donors (Lipinski definition) is 2. The van der Waals surface area contributed by atoms with Crippen molar-refractivity contribution in [1.82, 2.24) is 5.32 Å². The van der Waals surface area contributed by atoms with Crippen LogP contribution in [0, 0.1) is 0 Å². The van der Waals surface area contributed by atoms with Gasteiger partial charge in [-0.15, -0.1) is 0 Å². The van der Waals surface area contributed by atoms with Crippen molar-refractivity contribution in [2.24, 2.45) is 0 Å². The second kappa shape index (κ2) is 9.73. The van der Waals surface area contributed by atoms with Crippen molar-refractivity contribution >= 4 is 29.3 Å². The minimum absolute atomic E-state index is 0.0540. The lowest BCUT2D eigenvalue weighted by molar-refractivity contribution is -0.118.